The molecule has 1 aromatic carbocycles. The van der Waals surface area contributed by atoms with Crippen LogP contribution in [0, 0.1) is 6.92 Å². The highest BCUT2D eigenvalue weighted by Crippen LogP contribution is 2.38. The van der Waals surface area contributed by atoms with Crippen LogP contribution in [0.2, 0.25) is 0 Å². The number of anilines is 1. The zero-order chi connectivity index (χ0) is 20.8. The third-order valence-corrected chi connectivity index (χ3v) is 6.36. The number of carbonyl (C=O) groups is 2. The van der Waals surface area contributed by atoms with Gasteiger partial charge in [0.1, 0.15) is 10.6 Å². The van der Waals surface area contributed by atoms with Gasteiger partial charge in [0.05, 0.1) is 24.9 Å². The molecule has 0 bridgehead atoms. The molecule has 5 rings (SSSR count). The first-order valence-electron chi connectivity index (χ1n) is 9.77. The molecule has 0 unspecified atom stereocenters. The average Bonchev–Trinajstić information content (AvgIpc) is 3.45. The van der Waals surface area contributed by atoms with Gasteiger partial charge < -0.3 is 9.64 Å². The highest BCUT2D eigenvalue weighted by atomic mass is 32.1. The van der Waals surface area contributed by atoms with E-state index in [2.05, 4.69) is 15.3 Å². The van der Waals surface area contributed by atoms with Gasteiger partial charge in [0.2, 0.25) is 0 Å². The van der Waals surface area contributed by atoms with E-state index < -0.39 is 0 Å². The average molecular weight is 420 g/mol. The molecule has 0 atom stereocenters. The summed E-state index contributed by atoms with van der Waals surface area (Å²) in [5.74, 6) is 0.385. The van der Waals surface area contributed by atoms with Crippen LogP contribution in [0.1, 0.15) is 44.3 Å². The third kappa shape index (κ3) is 3.23. The number of thiazole rings is 1. The first-order valence-corrected chi connectivity index (χ1v) is 10.6. The SMILES string of the molecule is COc1ccccc1-c1cc(C)ncc1C(=O)Nc1nc2c(s1)C(=O)N(C1CC1)C2. The van der Waals surface area contributed by atoms with Crippen molar-refractivity contribution in [3.05, 3.63) is 58.4 Å². The normalized spacial score (nSPS) is 15.3. The quantitative estimate of drug-likeness (QED) is 0.677. The van der Waals surface area contributed by atoms with Crippen LogP contribution in [0.15, 0.2) is 36.5 Å². The topological polar surface area (TPSA) is 84.4 Å². The number of methoxy groups -OCH3 is 1. The maximum atomic E-state index is 13.1. The Morgan fingerprint density at radius 1 is 1.27 bits per heavy atom. The van der Waals surface area contributed by atoms with Gasteiger partial charge >= 0.3 is 0 Å². The van der Waals surface area contributed by atoms with Crippen molar-refractivity contribution in [1.82, 2.24) is 14.9 Å². The van der Waals surface area contributed by atoms with Gasteiger partial charge in [0.15, 0.2) is 5.13 Å². The van der Waals surface area contributed by atoms with Crippen LogP contribution < -0.4 is 10.1 Å². The lowest BCUT2D eigenvalue weighted by Crippen LogP contribution is -2.26. The van der Waals surface area contributed by atoms with Crippen molar-refractivity contribution in [3.8, 4) is 16.9 Å². The van der Waals surface area contributed by atoms with Crippen LogP contribution in [0.4, 0.5) is 5.13 Å². The minimum atomic E-state index is -0.317. The Morgan fingerprint density at radius 2 is 2.07 bits per heavy atom. The zero-order valence-corrected chi connectivity index (χ0v) is 17.5. The fraction of sp³-hybridized carbons (Fsp3) is 0.273. The molecule has 30 heavy (non-hydrogen) atoms. The van der Waals surface area contributed by atoms with Crippen molar-refractivity contribution < 1.29 is 14.3 Å². The van der Waals surface area contributed by atoms with E-state index in [1.807, 2.05) is 42.2 Å². The molecule has 3 aromatic rings. The van der Waals surface area contributed by atoms with E-state index in [1.165, 1.54) is 11.3 Å². The number of ether oxygens (including phenoxy) is 1. The minimum absolute atomic E-state index is 0.0252. The molecular formula is C22H20N4O3S. The van der Waals surface area contributed by atoms with E-state index >= 15 is 0 Å². The van der Waals surface area contributed by atoms with Gasteiger partial charge in [0.25, 0.3) is 11.8 Å². The number of benzene rings is 1. The van der Waals surface area contributed by atoms with Gasteiger partial charge in [-0.1, -0.05) is 29.5 Å². The van der Waals surface area contributed by atoms with E-state index in [4.69, 9.17) is 4.74 Å². The summed E-state index contributed by atoms with van der Waals surface area (Å²) >= 11 is 1.24. The lowest BCUT2D eigenvalue weighted by Gasteiger charge is -2.14. The largest absolute Gasteiger partial charge is 0.496 e. The number of rotatable bonds is 5. The number of pyridine rings is 1. The maximum Gasteiger partial charge on any atom is 0.266 e. The molecule has 1 aliphatic heterocycles. The number of hydrogen-bond acceptors (Lipinski definition) is 6. The van der Waals surface area contributed by atoms with Crippen LogP contribution in [-0.4, -0.2) is 39.8 Å². The molecule has 0 saturated heterocycles. The lowest BCUT2D eigenvalue weighted by molar-refractivity contribution is 0.0769. The Kier molecular flexibility index (Phi) is 4.51. The number of aromatic nitrogens is 2. The molecular weight excluding hydrogens is 400 g/mol. The van der Waals surface area contributed by atoms with Gasteiger partial charge in [-0.2, -0.15) is 0 Å². The zero-order valence-electron chi connectivity index (χ0n) is 16.6. The summed E-state index contributed by atoms with van der Waals surface area (Å²) in [6, 6.07) is 9.78. The molecule has 0 radical (unpaired) electrons. The summed E-state index contributed by atoms with van der Waals surface area (Å²) in [6.45, 7) is 2.41. The van der Waals surface area contributed by atoms with Crippen LogP contribution in [0.25, 0.3) is 11.1 Å². The number of nitrogens with one attached hydrogen (secondary N) is 1. The number of aryl methyl sites for hydroxylation is 1. The second kappa shape index (κ2) is 7.21. The fourth-order valence-electron chi connectivity index (χ4n) is 3.72. The summed E-state index contributed by atoms with van der Waals surface area (Å²) in [4.78, 5) is 37.0. The molecule has 1 saturated carbocycles. The maximum absolute atomic E-state index is 13.1. The van der Waals surface area contributed by atoms with Crippen molar-refractivity contribution in [2.75, 3.05) is 12.4 Å². The van der Waals surface area contributed by atoms with E-state index in [-0.39, 0.29) is 11.8 Å². The molecule has 1 fully saturated rings. The minimum Gasteiger partial charge on any atom is -0.496 e. The molecule has 2 aromatic heterocycles. The van der Waals surface area contributed by atoms with E-state index in [0.29, 0.717) is 33.9 Å². The first kappa shape index (κ1) is 18.7. The van der Waals surface area contributed by atoms with E-state index in [1.54, 1.807) is 13.3 Å². The van der Waals surface area contributed by atoms with Gasteiger partial charge in [-0.3, -0.25) is 19.9 Å². The molecule has 2 aliphatic rings. The predicted molar refractivity (Wildman–Crippen MR) is 114 cm³/mol. The second-order valence-electron chi connectivity index (χ2n) is 7.48. The van der Waals surface area contributed by atoms with E-state index in [0.717, 1.165) is 35.4 Å². The van der Waals surface area contributed by atoms with Crippen molar-refractivity contribution in [3.63, 3.8) is 0 Å². The molecule has 0 spiro atoms. The predicted octanol–water partition coefficient (Wildman–Crippen LogP) is 3.89. The number of fused-ring (bicyclic) bond motifs is 1. The molecule has 3 heterocycles. The first-order chi connectivity index (χ1) is 14.5. The summed E-state index contributed by atoms with van der Waals surface area (Å²) in [5, 5.41) is 3.28. The smallest absolute Gasteiger partial charge is 0.266 e. The molecule has 152 valence electrons. The summed E-state index contributed by atoms with van der Waals surface area (Å²) in [7, 11) is 1.60. The number of hydrogen-bond donors (Lipinski definition) is 1. The van der Waals surface area contributed by atoms with Crippen LogP contribution in [0.3, 0.4) is 0 Å². The summed E-state index contributed by atoms with van der Waals surface area (Å²) < 4.78 is 5.48. The van der Waals surface area contributed by atoms with Crippen molar-refractivity contribution in [1.29, 1.82) is 0 Å². The number of carbonyl (C=O) groups excluding carboxylic acids is 2. The van der Waals surface area contributed by atoms with Gasteiger partial charge in [-0.25, -0.2) is 4.98 Å². The Hall–Kier alpha value is -3.26. The Bertz CT molecular complexity index is 1170. The van der Waals surface area contributed by atoms with Crippen LogP contribution >= 0.6 is 11.3 Å². The standard InChI is InChI=1S/C22H20N4O3S/c1-12-9-15(14-5-3-4-6-18(14)29-2)16(10-23-12)20(27)25-22-24-17-11-26(13-7-8-13)21(28)19(17)30-22/h3-6,9-10,13H,7-8,11H2,1-2H3,(H,24,25,27). The van der Waals surface area contributed by atoms with Crippen LogP contribution in [-0.2, 0) is 6.54 Å². The van der Waals surface area contributed by atoms with Crippen molar-refractivity contribution in [2.45, 2.75) is 32.4 Å². The number of amides is 2. The highest BCUT2D eigenvalue weighted by Gasteiger charge is 2.40. The molecule has 7 nitrogen and oxygen atoms in total. The van der Waals surface area contributed by atoms with Gasteiger partial charge in [-0.15, -0.1) is 0 Å². The van der Waals surface area contributed by atoms with Gasteiger partial charge in [0, 0.05) is 29.1 Å². The molecule has 1 aliphatic carbocycles. The Balaban J connectivity index is 1.44. The summed E-state index contributed by atoms with van der Waals surface area (Å²) in [6.07, 6.45) is 3.70. The fourth-order valence-corrected chi connectivity index (χ4v) is 4.64. The highest BCUT2D eigenvalue weighted by molar-refractivity contribution is 7.17. The molecule has 1 N–H and O–H groups in total. The van der Waals surface area contributed by atoms with Gasteiger partial charge in [-0.05, 0) is 31.9 Å². The number of para-hydroxylation sites is 1. The lowest BCUT2D eigenvalue weighted by atomic mass is 9.99. The Labute approximate surface area is 177 Å². The molecule has 2 amide bonds. The second-order valence-corrected chi connectivity index (χ2v) is 8.48. The van der Waals surface area contributed by atoms with Crippen molar-refractivity contribution >= 4 is 28.3 Å². The Morgan fingerprint density at radius 3 is 2.80 bits per heavy atom. The third-order valence-electron chi connectivity index (χ3n) is 5.36. The van der Waals surface area contributed by atoms with Crippen LogP contribution in [0.5, 0.6) is 5.75 Å². The van der Waals surface area contributed by atoms with E-state index in [9.17, 15) is 9.59 Å². The van der Waals surface area contributed by atoms with Crippen molar-refractivity contribution in [2.24, 2.45) is 0 Å². The molecule has 8 heteroatoms. The number of nitrogens with zero attached hydrogens (tertiary/aromatic N) is 3. The monoisotopic (exact) mass is 420 g/mol. The summed E-state index contributed by atoms with van der Waals surface area (Å²) in [5.41, 5.74) is 3.52.